The van der Waals surface area contributed by atoms with E-state index >= 15 is 0 Å². The summed E-state index contributed by atoms with van der Waals surface area (Å²) in [6, 6.07) is -0.315. The van der Waals surface area contributed by atoms with E-state index in [1.54, 1.807) is 0 Å². The zero-order valence-corrected chi connectivity index (χ0v) is 13.4. The predicted octanol–water partition coefficient (Wildman–Crippen LogP) is 2.20. The molecule has 5 heteroatoms. The van der Waals surface area contributed by atoms with Gasteiger partial charge in [0.25, 0.3) is 0 Å². The lowest BCUT2D eigenvalue weighted by atomic mass is 9.89. The molecule has 118 valence electrons. The molecule has 2 heterocycles. The standard InChI is InChI=1S/C15H28N2O2.ClH/c1-2-4-12-5-3-8-17(11-12)15(18)14(16)13-6-9-19-10-7-13;/h12-14H,2-11,16H2,1H3;1H. The summed E-state index contributed by atoms with van der Waals surface area (Å²) in [6.07, 6.45) is 6.70. The van der Waals surface area contributed by atoms with E-state index in [1.807, 2.05) is 4.90 Å². The molecular formula is C15H29ClN2O2. The van der Waals surface area contributed by atoms with Crippen LogP contribution in [0.15, 0.2) is 0 Å². The van der Waals surface area contributed by atoms with Crippen molar-refractivity contribution >= 4 is 18.3 Å². The molecule has 20 heavy (non-hydrogen) atoms. The molecule has 0 spiro atoms. The summed E-state index contributed by atoms with van der Waals surface area (Å²) in [6.45, 7) is 5.54. The van der Waals surface area contributed by atoms with Crippen LogP contribution >= 0.6 is 12.4 Å². The van der Waals surface area contributed by atoms with E-state index in [0.717, 1.165) is 45.6 Å². The van der Waals surface area contributed by atoms with Crippen LogP contribution in [0.1, 0.15) is 45.4 Å². The summed E-state index contributed by atoms with van der Waals surface area (Å²) < 4.78 is 5.34. The molecular weight excluding hydrogens is 276 g/mol. The maximum atomic E-state index is 12.5. The lowest BCUT2D eigenvalue weighted by molar-refractivity contribution is -0.136. The third kappa shape index (κ3) is 4.61. The molecule has 2 fully saturated rings. The second-order valence-electron chi connectivity index (χ2n) is 6.06. The Hall–Kier alpha value is -0.320. The van der Waals surface area contributed by atoms with Crippen molar-refractivity contribution < 1.29 is 9.53 Å². The Morgan fingerprint density at radius 1 is 1.35 bits per heavy atom. The minimum Gasteiger partial charge on any atom is -0.381 e. The van der Waals surface area contributed by atoms with Crippen molar-refractivity contribution in [3.8, 4) is 0 Å². The Morgan fingerprint density at radius 2 is 2.05 bits per heavy atom. The highest BCUT2D eigenvalue weighted by molar-refractivity contribution is 5.85. The van der Waals surface area contributed by atoms with Gasteiger partial charge in [0.1, 0.15) is 0 Å². The van der Waals surface area contributed by atoms with E-state index in [4.69, 9.17) is 10.5 Å². The topological polar surface area (TPSA) is 55.6 Å². The molecule has 2 saturated heterocycles. The Labute approximate surface area is 128 Å². The number of hydrogen-bond acceptors (Lipinski definition) is 3. The number of piperidine rings is 1. The predicted molar refractivity (Wildman–Crippen MR) is 83.0 cm³/mol. The molecule has 0 aromatic heterocycles. The monoisotopic (exact) mass is 304 g/mol. The minimum absolute atomic E-state index is 0. The van der Waals surface area contributed by atoms with E-state index in [0.29, 0.717) is 11.8 Å². The fraction of sp³-hybridized carbons (Fsp3) is 0.933. The molecule has 2 rings (SSSR count). The highest BCUT2D eigenvalue weighted by atomic mass is 35.5. The molecule has 0 radical (unpaired) electrons. The number of likely N-dealkylation sites (tertiary alicyclic amines) is 1. The summed E-state index contributed by atoms with van der Waals surface area (Å²) in [5.74, 6) is 1.17. The van der Waals surface area contributed by atoms with Gasteiger partial charge in [-0.1, -0.05) is 13.3 Å². The van der Waals surface area contributed by atoms with Crippen LogP contribution in [0.5, 0.6) is 0 Å². The summed E-state index contributed by atoms with van der Waals surface area (Å²) in [4.78, 5) is 14.5. The number of nitrogens with zero attached hydrogens (tertiary/aromatic N) is 1. The van der Waals surface area contributed by atoms with E-state index in [1.165, 1.54) is 19.3 Å². The molecule has 0 aromatic rings. The van der Waals surface area contributed by atoms with Crippen molar-refractivity contribution in [2.45, 2.75) is 51.5 Å². The molecule has 0 aromatic carbocycles. The van der Waals surface area contributed by atoms with Gasteiger partial charge in [0.2, 0.25) is 5.91 Å². The molecule has 2 N–H and O–H groups in total. The van der Waals surface area contributed by atoms with Crippen LogP contribution in [0.25, 0.3) is 0 Å². The number of ether oxygens (including phenoxy) is 1. The summed E-state index contributed by atoms with van der Waals surface area (Å²) in [5, 5.41) is 0. The summed E-state index contributed by atoms with van der Waals surface area (Å²) >= 11 is 0. The van der Waals surface area contributed by atoms with Gasteiger partial charge in [0.05, 0.1) is 6.04 Å². The highest BCUT2D eigenvalue weighted by Crippen LogP contribution is 2.24. The van der Waals surface area contributed by atoms with Crippen molar-refractivity contribution in [1.29, 1.82) is 0 Å². The Bertz CT molecular complexity index is 294. The van der Waals surface area contributed by atoms with Crippen molar-refractivity contribution in [3.05, 3.63) is 0 Å². The number of carbonyl (C=O) groups is 1. The van der Waals surface area contributed by atoms with Gasteiger partial charge >= 0.3 is 0 Å². The van der Waals surface area contributed by atoms with Crippen LogP contribution in [-0.4, -0.2) is 43.2 Å². The fourth-order valence-electron chi connectivity index (χ4n) is 3.40. The average molecular weight is 305 g/mol. The zero-order valence-electron chi connectivity index (χ0n) is 12.6. The van der Waals surface area contributed by atoms with Crippen molar-refractivity contribution in [2.24, 2.45) is 17.6 Å². The van der Waals surface area contributed by atoms with E-state index in [-0.39, 0.29) is 24.4 Å². The van der Waals surface area contributed by atoms with E-state index < -0.39 is 0 Å². The molecule has 0 saturated carbocycles. The molecule has 1 amide bonds. The number of halogens is 1. The van der Waals surface area contributed by atoms with Gasteiger partial charge in [-0.3, -0.25) is 4.79 Å². The maximum Gasteiger partial charge on any atom is 0.239 e. The van der Waals surface area contributed by atoms with Gasteiger partial charge in [-0.25, -0.2) is 0 Å². The molecule has 4 nitrogen and oxygen atoms in total. The summed E-state index contributed by atoms with van der Waals surface area (Å²) in [5.41, 5.74) is 6.20. The minimum atomic E-state index is -0.315. The Kier molecular flexibility index (Phi) is 7.85. The maximum absolute atomic E-state index is 12.5. The molecule has 0 bridgehead atoms. The average Bonchev–Trinajstić information content (AvgIpc) is 2.47. The van der Waals surface area contributed by atoms with Crippen molar-refractivity contribution in [3.63, 3.8) is 0 Å². The first-order chi connectivity index (χ1) is 9.22. The quantitative estimate of drug-likeness (QED) is 0.866. The van der Waals surface area contributed by atoms with Crippen LogP contribution in [0, 0.1) is 11.8 Å². The third-order valence-corrected chi connectivity index (χ3v) is 4.59. The lowest BCUT2D eigenvalue weighted by Crippen LogP contribution is -2.51. The van der Waals surface area contributed by atoms with Crippen LogP contribution in [0.4, 0.5) is 0 Å². The lowest BCUT2D eigenvalue weighted by Gasteiger charge is -2.36. The SMILES string of the molecule is CCCC1CCCN(C(=O)C(N)C2CCOCC2)C1.Cl. The van der Waals surface area contributed by atoms with Crippen LogP contribution in [0.2, 0.25) is 0 Å². The van der Waals surface area contributed by atoms with Gasteiger partial charge in [-0.15, -0.1) is 12.4 Å². The van der Waals surface area contributed by atoms with Gasteiger partial charge in [0.15, 0.2) is 0 Å². The molecule has 2 aliphatic rings. The number of hydrogen-bond donors (Lipinski definition) is 1. The second-order valence-corrected chi connectivity index (χ2v) is 6.06. The first kappa shape index (κ1) is 17.7. The normalized spacial score (nSPS) is 25.9. The smallest absolute Gasteiger partial charge is 0.239 e. The van der Waals surface area contributed by atoms with E-state index in [9.17, 15) is 4.79 Å². The van der Waals surface area contributed by atoms with Crippen molar-refractivity contribution in [1.82, 2.24) is 4.90 Å². The van der Waals surface area contributed by atoms with Gasteiger partial charge in [0, 0.05) is 26.3 Å². The first-order valence-corrected chi connectivity index (χ1v) is 7.84. The van der Waals surface area contributed by atoms with E-state index in [2.05, 4.69) is 6.92 Å². The number of nitrogens with two attached hydrogens (primary N) is 1. The highest BCUT2D eigenvalue weighted by Gasteiger charge is 2.32. The van der Waals surface area contributed by atoms with Gasteiger partial charge in [-0.2, -0.15) is 0 Å². The van der Waals surface area contributed by atoms with Gasteiger partial charge in [-0.05, 0) is 43.9 Å². The largest absolute Gasteiger partial charge is 0.381 e. The van der Waals surface area contributed by atoms with Crippen LogP contribution < -0.4 is 5.73 Å². The van der Waals surface area contributed by atoms with Gasteiger partial charge < -0.3 is 15.4 Å². The molecule has 0 aliphatic carbocycles. The molecule has 2 atom stereocenters. The molecule has 2 unspecified atom stereocenters. The first-order valence-electron chi connectivity index (χ1n) is 7.84. The Morgan fingerprint density at radius 3 is 2.70 bits per heavy atom. The number of rotatable bonds is 4. The van der Waals surface area contributed by atoms with Crippen LogP contribution in [-0.2, 0) is 9.53 Å². The summed E-state index contributed by atoms with van der Waals surface area (Å²) in [7, 11) is 0. The van der Waals surface area contributed by atoms with Crippen molar-refractivity contribution in [2.75, 3.05) is 26.3 Å². The Balaban J connectivity index is 0.00000200. The fourth-order valence-corrected chi connectivity index (χ4v) is 3.40. The number of carbonyl (C=O) groups excluding carboxylic acids is 1. The second kappa shape index (κ2) is 8.85. The zero-order chi connectivity index (χ0) is 13.7. The number of amides is 1. The third-order valence-electron chi connectivity index (χ3n) is 4.59. The molecule has 2 aliphatic heterocycles. The van der Waals surface area contributed by atoms with Crippen LogP contribution in [0.3, 0.4) is 0 Å².